The first-order valence-electron chi connectivity index (χ1n) is 4.44. The molecular weight excluding hydrogens is 194 g/mol. The van der Waals surface area contributed by atoms with Crippen LogP contribution in [-0.4, -0.2) is 11.5 Å². The standard InChI is InChI=1S/C9H11N5O/c10-7-6-8(12-9(11)14(7)15)13-4-2-1-3-5-13/h1-4,6H,5,10H2,(H2,11,12). The van der Waals surface area contributed by atoms with Crippen LogP contribution in [0.25, 0.3) is 0 Å². The maximum atomic E-state index is 11.2. The van der Waals surface area contributed by atoms with Gasteiger partial charge in [-0.2, -0.15) is 0 Å². The van der Waals surface area contributed by atoms with E-state index in [1.54, 1.807) is 0 Å². The van der Waals surface area contributed by atoms with Crippen molar-refractivity contribution >= 4 is 17.6 Å². The van der Waals surface area contributed by atoms with Gasteiger partial charge in [-0.3, -0.25) is 0 Å². The largest absolute Gasteiger partial charge is 0.754 e. The summed E-state index contributed by atoms with van der Waals surface area (Å²) in [4.78, 5) is 5.79. The van der Waals surface area contributed by atoms with Crippen molar-refractivity contribution in [2.24, 2.45) is 0 Å². The van der Waals surface area contributed by atoms with Gasteiger partial charge in [0.2, 0.25) is 0 Å². The molecule has 4 N–H and O–H groups in total. The monoisotopic (exact) mass is 205 g/mol. The van der Waals surface area contributed by atoms with Crippen LogP contribution in [0.1, 0.15) is 0 Å². The number of nitrogen functional groups attached to an aromatic ring is 2. The van der Waals surface area contributed by atoms with E-state index < -0.39 is 0 Å². The molecule has 0 atom stereocenters. The molecule has 2 heterocycles. The van der Waals surface area contributed by atoms with Gasteiger partial charge in [0, 0.05) is 12.7 Å². The van der Waals surface area contributed by atoms with Crippen molar-refractivity contribution in [3.05, 3.63) is 35.7 Å². The predicted molar refractivity (Wildman–Crippen MR) is 57.6 cm³/mol. The molecule has 0 saturated heterocycles. The fourth-order valence-electron chi connectivity index (χ4n) is 1.30. The third kappa shape index (κ3) is 1.69. The lowest BCUT2D eigenvalue weighted by Gasteiger charge is -2.19. The van der Waals surface area contributed by atoms with Crippen LogP contribution in [0.4, 0.5) is 17.6 Å². The third-order valence-corrected chi connectivity index (χ3v) is 2.06. The van der Waals surface area contributed by atoms with Gasteiger partial charge in [-0.1, -0.05) is 17.1 Å². The van der Waals surface area contributed by atoms with E-state index in [2.05, 4.69) is 4.98 Å². The summed E-state index contributed by atoms with van der Waals surface area (Å²) in [5, 5.41) is 11.2. The van der Waals surface area contributed by atoms with Crippen LogP contribution >= 0.6 is 0 Å². The zero-order valence-corrected chi connectivity index (χ0v) is 8.00. The summed E-state index contributed by atoms with van der Waals surface area (Å²) in [5.41, 5.74) is 10.9. The first-order valence-corrected chi connectivity index (χ1v) is 4.44. The molecule has 1 aliphatic rings. The van der Waals surface area contributed by atoms with Gasteiger partial charge in [0.05, 0.1) is 6.07 Å². The second-order valence-corrected chi connectivity index (χ2v) is 3.11. The smallest absolute Gasteiger partial charge is 0.346 e. The zero-order chi connectivity index (χ0) is 10.8. The average molecular weight is 205 g/mol. The first kappa shape index (κ1) is 9.32. The summed E-state index contributed by atoms with van der Waals surface area (Å²) in [6.07, 6.45) is 7.61. The molecule has 0 aliphatic carbocycles. The summed E-state index contributed by atoms with van der Waals surface area (Å²) in [7, 11) is 0. The fraction of sp³-hybridized carbons (Fsp3) is 0.111. The van der Waals surface area contributed by atoms with Crippen LogP contribution in [0, 0.1) is 5.21 Å². The van der Waals surface area contributed by atoms with Gasteiger partial charge in [-0.15, -0.1) is 0 Å². The molecule has 0 amide bonds. The van der Waals surface area contributed by atoms with Crippen LogP contribution in [0.15, 0.2) is 30.5 Å². The van der Waals surface area contributed by atoms with E-state index in [1.807, 2.05) is 29.3 Å². The molecule has 0 radical (unpaired) electrons. The second kappa shape index (κ2) is 3.49. The maximum absolute atomic E-state index is 11.2. The van der Waals surface area contributed by atoms with Crippen LogP contribution < -0.4 is 21.1 Å². The molecule has 1 aromatic heterocycles. The molecule has 78 valence electrons. The van der Waals surface area contributed by atoms with Gasteiger partial charge >= 0.3 is 5.95 Å². The maximum Gasteiger partial charge on any atom is 0.346 e. The molecule has 6 heteroatoms. The Morgan fingerprint density at radius 3 is 2.80 bits per heavy atom. The topological polar surface area (TPSA) is 95.1 Å². The molecule has 0 saturated carbocycles. The van der Waals surface area contributed by atoms with Crippen molar-refractivity contribution in [3.8, 4) is 0 Å². The lowest BCUT2D eigenvalue weighted by atomic mass is 10.3. The Labute approximate surface area is 86.7 Å². The molecule has 0 aromatic carbocycles. The highest BCUT2D eigenvalue weighted by molar-refractivity contribution is 5.50. The molecule has 0 unspecified atom stereocenters. The van der Waals surface area contributed by atoms with Gasteiger partial charge < -0.3 is 21.6 Å². The highest BCUT2D eigenvalue weighted by Crippen LogP contribution is 2.15. The molecule has 1 aromatic rings. The SMILES string of the molecule is Nc1cc(N2C=CC=CC2)nc(N)[n+]1[O-]. The number of nitrogens with zero attached hydrogens (tertiary/aromatic N) is 3. The van der Waals surface area contributed by atoms with E-state index in [9.17, 15) is 5.21 Å². The molecule has 0 fully saturated rings. The van der Waals surface area contributed by atoms with E-state index in [0.717, 1.165) is 0 Å². The Bertz CT molecular complexity index is 417. The van der Waals surface area contributed by atoms with Crippen molar-refractivity contribution in [2.45, 2.75) is 0 Å². The Morgan fingerprint density at radius 1 is 1.40 bits per heavy atom. The van der Waals surface area contributed by atoms with E-state index >= 15 is 0 Å². The van der Waals surface area contributed by atoms with Gasteiger partial charge in [0.25, 0.3) is 0 Å². The van der Waals surface area contributed by atoms with Gasteiger partial charge in [0.1, 0.15) is 0 Å². The van der Waals surface area contributed by atoms with Crippen LogP contribution in [0.2, 0.25) is 0 Å². The summed E-state index contributed by atoms with van der Waals surface area (Å²) in [6, 6.07) is 1.49. The Balaban J connectivity index is 2.37. The Kier molecular flexibility index (Phi) is 2.17. The van der Waals surface area contributed by atoms with Crippen molar-refractivity contribution in [2.75, 3.05) is 22.9 Å². The molecule has 0 bridgehead atoms. The van der Waals surface area contributed by atoms with Crippen LogP contribution in [0.5, 0.6) is 0 Å². The minimum absolute atomic E-state index is 0.0421. The Morgan fingerprint density at radius 2 is 2.20 bits per heavy atom. The van der Waals surface area contributed by atoms with Crippen LogP contribution in [-0.2, 0) is 0 Å². The molecule has 0 spiro atoms. The summed E-state index contributed by atoms with van der Waals surface area (Å²) in [6.45, 7) is 0.686. The highest BCUT2D eigenvalue weighted by Gasteiger charge is 2.12. The number of aromatic nitrogens is 2. The van der Waals surface area contributed by atoms with E-state index in [-0.39, 0.29) is 11.8 Å². The molecule has 6 nitrogen and oxygen atoms in total. The van der Waals surface area contributed by atoms with E-state index in [1.165, 1.54) is 6.07 Å². The average Bonchev–Trinajstić information content (AvgIpc) is 2.26. The molecule has 2 rings (SSSR count). The lowest BCUT2D eigenvalue weighted by molar-refractivity contribution is -0.576. The van der Waals surface area contributed by atoms with Crippen molar-refractivity contribution in [1.82, 2.24) is 4.98 Å². The number of allylic oxidation sites excluding steroid dienone is 2. The van der Waals surface area contributed by atoms with Gasteiger partial charge in [-0.05, 0) is 6.08 Å². The zero-order valence-electron chi connectivity index (χ0n) is 8.00. The molecule has 1 aliphatic heterocycles. The highest BCUT2D eigenvalue weighted by atomic mass is 16.5. The Hall–Kier alpha value is -2.24. The van der Waals surface area contributed by atoms with E-state index in [4.69, 9.17) is 11.5 Å². The predicted octanol–water partition coefficient (Wildman–Crippen LogP) is -0.231. The summed E-state index contributed by atoms with van der Waals surface area (Å²) in [5.74, 6) is 0.464. The number of anilines is 3. The molecular formula is C9H11N5O. The van der Waals surface area contributed by atoms with Crippen molar-refractivity contribution in [3.63, 3.8) is 0 Å². The van der Waals surface area contributed by atoms with Gasteiger partial charge in [-0.25, -0.2) is 4.73 Å². The molecule has 15 heavy (non-hydrogen) atoms. The summed E-state index contributed by atoms with van der Waals surface area (Å²) >= 11 is 0. The lowest BCUT2D eigenvalue weighted by Crippen LogP contribution is -2.36. The normalized spacial score (nSPS) is 14.5. The quantitative estimate of drug-likeness (QED) is 0.487. The van der Waals surface area contributed by atoms with E-state index in [0.29, 0.717) is 17.1 Å². The third-order valence-electron chi connectivity index (χ3n) is 2.06. The number of hydrogen-bond donors (Lipinski definition) is 2. The fourth-order valence-corrected chi connectivity index (χ4v) is 1.30. The summed E-state index contributed by atoms with van der Waals surface area (Å²) < 4.78 is 0.396. The van der Waals surface area contributed by atoms with Crippen molar-refractivity contribution in [1.29, 1.82) is 0 Å². The van der Waals surface area contributed by atoms with Crippen molar-refractivity contribution < 1.29 is 4.73 Å². The first-order chi connectivity index (χ1) is 7.18. The number of nitrogens with two attached hydrogens (primary N) is 2. The van der Waals surface area contributed by atoms with Crippen LogP contribution in [0.3, 0.4) is 0 Å². The minimum atomic E-state index is -0.145. The number of rotatable bonds is 1. The second-order valence-electron chi connectivity index (χ2n) is 3.11. The number of hydrogen-bond acceptors (Lipinski definition) is 5. The van der Waals surface area contributed by atoms with Gasteiger partial charge in [0.15, 0.2) is 11.6 Å². The minimum Gasteiger partial charge on any atom is -0.754 e.